The smallest absolute Gasteiger partial charge is 0.234 e. The van der Waals surface area contributed by atoms with Gasteiger partial charge in [-0.15, -0.1) is 0 Å². The van der Waals surface area contributed by atoms with Gasteiger partial charge in [-0.1, -0.05) is 30.4 Å². The largest absolute Gasteiger partial charge is 0.278 e. The van der Waals surface area contributed by atoms with E-state index in [0.29, 0.717) is 5.56 Å². The zero-order valence-electron chi connectivity index (χ0n) is 12.6. The van der Waals surface area contributed by atoms with Crippen LogP contribution in [0.15, 0.2) is 36.4 Å². The number of nitriles is 1. The molecule has 4 atom stereocenters. The van der Waals surface area contributed by atoms with Crippen molar-refractivity contribution in [1.29, 1.82) is 5.26 Å². The fourth-order valence-corrected chi connectivity index (χ4v) is 5.23. The third-order valence-corrected chi connectivity index (χ3v) is 6.41. The van der Waals surface area contributed by atoms with E-state index in [2.05, 4.69) is 18.2 Å². The van der Waals surface area contributed by atoms with Crippen molar-refractivity contribution in [2.24, 2.45) is 29.1 Å². The molecule has 1 spiro atoms. The van der Waals surface area contributed by atoms with Crippen LogP contribution in [0.3, 0.4) is 0 Å². The summed E-state index contributed by atoms with van der Waals surface area (Å²) in [5.41, 5.74) is 1.51. The molecule has 1 heterocycles. The van der Waals surface area contributed by atoms with Gasteiger partial charge in [0.15, 0.2) is 0 Å². The number of likely N-dealkylation sites (tertiary alicyclic amines) is 1. The maximum Gasteiger partial charge on any atom is 0.234 e. The van der Waals surface area contributed by atoms with Crippen molar-refractivity contribution in [2.45, 2.75) is 19.4 Å². The van der Waals surface area contributed by atoms with Gasteiger partial charge in [0.1, 0.15) is 0 Å². The number of nitrogens with zero attached hydrogens (tertiary/aromatic N) is 2. The Morgan fingerprint density at radius 2 is 1.70 bits per heavy atom. The Kier molecular flexibility index (Phi) is 2.33. The van der Waals surface area contributed by atoms with Crippen LogP contribution in [0, 0.1) is 40.4 Å². The Balaban J connectivity index is 1.48. The highest BCUT2D eigenvalue weighted by Crippen LogP contribution is 2.73. The molecule has 4 nitrogen and oxygen atoms in total. The molecule has 1 aliphatic heterocycles. The number of benzene rings is 1. The average molecular weight is 304 g/mol. The van der Waals surface area contributed by atoms with Crippen molar-refractivity contribution in [1.82, 2.24) is 4.90 Å². The summed E-state index contributed by atoms with van der Waals surface area (Å²) in [6.07, 6.45) is 6.66. The predicted octanol–water partition coefficient (Wildman–Crippen LogP) is 2.26. The van der Waals surface area contributed by atoms with E-state index >= 15 is 0 Å². The van der Waals surface area contributed by atoms with E-state index in [0.717, 1.165) is 18.4 Å². The number of hydrogen-bond acceptors (Lipinski definition) is 3. The van der Waals surface area contributed by atoms with E-state index in [1.54, 1.807) is 12.1 Å². The second-order valence-electron chi connectivity index (χ2n) is 7.25. The molecule has 4 aliphatic rings. The first-order valence-electron chi connectivity index (χ1n) is 8.19. The summed E-state index contributed by atoms with van der Waals surface area (Å²) in [7, 11) is 0. The second-order valence-corrected chi connectivity index (χ2v) is 7.25. The third-order valence-electron chi connectivity index (χ3n) is 6.41. The maximum atomic E-state index is 12.9. The lowest BCUT2D eigenvalue weighted by Crippen LogP contribution is -2.34. The summed E-state index contributed by atoms with van der Waals surface area (Å²) >= 11 is 0. The molecule has 0 N–H and O–H groups in total. The average Bonchev–Trinajstić information content (AvgIpc) is 3.18. The lowest BCUT2D eigenvalue weighted by molar-refractivity contribution is -0.141. The van der Waals surface area contributed by atoms with Crippen LogP contribution >= 0.6 is 0 Å². The molecule has 2 bridgehead atoms. The van der Waals surface area contributed by atoms with Crippen LogP contribution < -0.4 is 0 Å². The molecule has 0 unspecified atom stereocenters. The second kappa shape index (κ2) is 4.11. The van der Waals surface area contributed by atoms with Gasteiger partial charge in [0.2, 0.25) is 11.8 Å². The lowest BCUT2D eigenvalue weighted by atomic mass is 9.85. The summed E-state index contributed by atoms with van der Waals surface area (Å²) in [5, 5.41) is 9.21. The Bertz CT molecular complexity index is 781. The zero-order valence-corrected chi connectivity index (χ0v) is 12.6. The zero-order chi connectivity index (χ0) is 15.8. The predicted molar refractivity (Wildman–Crippen MR) is 81.5 cm³/mol. The quantitative estimate of drug-likeness (QED) is 0.622. The first-order chi connectivity index (χ1) is 11.2. The minimum absolute atomic E-state index is 0.0316. The highest BCUT2D eigenvalue weighted by Gasteiger charge is 2.73. The Morgan fingerprint density at radius 1 is 1.09 bits per heavy atom. The molecule has 3 aliphatic carbocycles. The fourth-order valence-electron chi connectivity index (χ4n) is 5.23. The van der Waals surface area contributed by atoms with Crippen LogP contribution in [0.25, 0.3) is 0 Å². The van der Waals surface area contributed by atoms with Crippen molar-refractivity contribution >= 4 is 11.8 Å². The SMILES string of the molecule is N#Cc1ccccc1CN1C(=O)[C@@H]2[C@@H](C1=O)[C@@H]1C=C[C@H]2C12CC2. The van der Waals surface area contributed by atoms with Gasteiger partial charge in [0.25, 0.3) is 0 Å². The van der Waals surface area contributed by atoms with Gasteiger partial charge in [0.05, 0.1) is 30.0 Å². The molecule has 114 valence electrons. The standard InChI is InChI=1S/C19H16N2O2/c20-9-11-3-1-2-4-12(11)10-21-17(22)15-13-5-6-14(16(15)18(21)23)19(13)7-8-19/h1-6,13-16H,7-8,10H2/t13-,14+,15-,16-/m0/s1. The van der Waals surface area contributed by atoms with E-state index in [1.165, 1.54) is 4.90 Å². The highest BCUT2D eigenvalue weighted by atomic mass is 16.2. The number of carbonyl (C=O) groups is 2. The van der Waals surface area contributed by atoms with Gasteiger partial charge < -0.3 is 0 Å². The number of rotatable bonds is 2. The van der Waals surface area contributed by atoms with E-state index in [4.69, 9.17) is 0 Å². The van der Waals surface area contributed by atoms with Crippen LogP contribution in [0.4, 0.5) is 0 Å². The van der Waals surface area contributed by atoms with Crippen molar-refractivity contribution in [3.05, 3.63) is 47.5 Å². The lowest BCUT2D eigenvalue weighted by Gasteiger charge is -2.22. The van der Waals surface area contributed by atoms with Crippen molar-refractivity contribution in [3.63, 3.8) is 0 Å². The van der Waals surface area contributed by atoms with E-state index in [9.17, 15) is 14.9 Å². The Hall–Kier alpha value is -2.41. The van der Waals surface area contributed by atoms with Crippen molar-refractivity contribution in [3.8, 4) is 6.07 Å². The molecule has 2 amide bonds. The van der Waals surface area contributed by atoms with Gasteiger partial charge in [0, 0.05) is 0 Å². The Morgan fingerprint density at radius 3 is 2.26 bits per heavy atom. The van der Waals surface area contributed by atoms with Gasteiger partial charge >= 0.3 is 0 Å². The van der Waals surface area contributed by atoms with Crippen molar-refractivity contribution < 1.29 is 9.59 Å². The van der Waals surface area contributed by atoms with Gasteiger partial charge in [-0.25, -0.2) is 0 Å². The summed E-state index contributed by atoms with van der Waals surface area (Å²) in [5.74, 6) is 0.130. The van der Waals surface area contributed by atoms with Gasteiger partial charge in [-0.2, -0.15) is 5.26 Å². The molecular weight excluding hydrogens is 288 g/mol. The number of fused-ring (bicyclic) bond motifs is 3. The summed E-state index contributed by atoms with van der Waals surface area (Å²) in [4.78, 5) is 27.2. The molecule has 4 heteroatoms. The van der Waals surface area contributed by atoms with Crippen molar-refractivity contribution in [2.75, 3.05) is 0 Å². The molecule has 2 saturated carbocycles. The van der Waals surface area contributed by atoms with Crippen LogP contribution in [0.2, 0.25) is 0 Å². The normalized spacial score (nSPS) is 35.0. The van der Waals surface area contributed by atoms with E-state index in [-0.39, 0.29) is 47.4 Å². The molecule has 1 saturated heterocycles. The first kappa shape index (κ1) is 13.1. The van der Waals surface area contributed by atoms with Crippen LogP contribution in [0.5, 0.6) is 0 Å². The number of amides is 2. The molecule has 0 radical (unpaired) electrons. The fraction of sp³-hybridized carbons (Fsp3) is 0.421. The number of carbonyl (C=O) groups excluding carboxylic acids is 2. The molecule has 23 heavy (non-hydrogen) atoms. The monoisotopic (exact) mass is 304 g/mol. The molecule has 1 aromatic rings. The number of allylic oxidation sites excluding steroid dienone is 2. The molecular formula is C19H16N2O2. The summed E-state index contributed by atoms with van der Waals surface area (Å²) in [6, 6.07) is 9.33. The van der Waals surface area contributed by atoms with E-state index < -0.39 is 0 Å². The third kappa shape index (κ3) is 1.45. The number of hydrogen-bond donors (Lipinski definition) is 0. The van der Waals surface area contributed by atoms with Crippen LogP contribution in [-0.2, 0) is 16.1 Å². The topological polar surface area (TPSA) is 61.2 Å². The number of imide groups is 1. The summed E-state index contributed by atoms with van der Waals surface area (Å²) < 4.78 is 0. The molecule has 1 aromatic carbocycles. The Labute approximate surface area is 134 Å². The molecule has 0 aromatic heterocycles. The van der Waals surface area contributed by atoms with Gasteiger partial charge in [-0.3, -0.25) is 14.5 Å². The van der Waals surface area contributed by atoms with Crippen LogP contribution in [-0.4, -0.2) is 16.7 Å². The highest BCUT2D eigenvalue weighted by molar-refractivity contribution is 6.06. The van der Waals surface area contributed by atoms with Gasteiger partial charge in [-0.05, 0) is 41.7 Å². The molecule has 5 rings (SSSR count). The van der Waals surface area contributed by atoms with E-state index in [1.807, 2.05) is 12.1 Å². The maximum absolute atomic E-state index is 12.9. The summed E-state index contributed by atoms with van der Waals surface area (Å²) in [6.45, 7) is 0.223. The minimum atomic E-state index is -0.158. The molecule has 3 fully saturated rings. The van der Waals surface area contributed by atoms with Crippen LogP contribution in [0.1, 0.15) is 24.0 Å². The minimum Gasteiger partial charge on any atom is -0.278 e. The first-order valence-corrected chi connectivity index (χ1v) is 8.19.